The average molecular weight is 449 g/mol. The van der Waals surface area contributed by atoms with Crippen LogP contribution in [0, 0.1) is 10.1 Å². The van der Waals surface area contributed by atoms with E-state index < -0.39 is 0 Å². The van der Waals surface area contributed by atoms with Gasteiger partial charge < -0.3 is 10.1 Å². The molecular weight excluding hydrogens is 424 g/mol. The molecule has 0 aliphatic carbocycles. The van der Waals surface area contributed by atoms with Gasteiger partial charge in [-0.05, 0) is 36.2 Å². The predicted octanol–water partition coefficient (Wildman–Crippen LogP) is 6.97. The molecule has 32 heavy (non-hydrogen) atoms. The molecular formula is C24H24N4O3S. The standard InChI is InChI=1S/C24H24N4O3S/c1-2-3-4-5-13-31-20-11-9-18(10-12-20)27-23-22-21(15-32-24(22)26-16-25-23)17-7-6-8-19(14-17)28(29)30/h6-12,14-16H,2-5,13H2,1H3,(H,25,26,27). The van der Waals surface area contributed by atoms with E-state index in [1.807, 2.05) is 35.7 Å². The molecule has 8 heteroatoms. The summed E-state index contributed by atoms with van der Waals surface area (Å²) in [6.07, 6.45) is 6.22. The van der Waals surface area contributed by atoms with E-state index in [1.54, 1.807) is 12.1 Å². The number of benzene rings is 2. The van der Waals surface area contributed by atoms with Crippen molar-refractivity contribution < 1.29 is 9.66 Å². The zero-order chi connectivity index (χ0) is 22.3. The highest BCUT2D eigenvalue weighted by Gasteiger charge is 2.15. The Hall–Kier alpha value is -3.52. The average Bonchev–Trinajstić information content (AvgIpc) is 3.25. The second-order valence-corrected chi connectivity index (χ2v) is 8.28. The lowest BCUT2D eigenvalue weighted by atomic mass is 10.1. The molecule has 0 unspecified atom stereocenters. The fraction of sp³-hybridized carbons (Fsp3) is 0.250. The highest BCUT2D eigenvalue weighted by Crippen LogP contribution is 2.38. The minimum absolute atomic E-state index is 0.0542. The molecule has 1 N–H and O–H groups in total. The van der Waals surface area contributed by atoms with Gasteiger partial charge in [0.2, 0.25) is 0 Å². The lowest BCUT2D eigenvalue weighted by Gasteiger charge is -2.10. The number of nitro groups is 1. The molecule has 0 bridgehead atoms. The molecule has 0 aliphatic heterocycles. The molecule has 164 valence electrons. The molecule has 4 aromatic rings. The van der Waals surface area contributed by atoms with Crippen LogP contribution in [0.5, 0.6) is 5.75 Å². The van der Waals surface area contributed by atoms with Gasteiger partial charge in [-0.25, -0.2) is 9.97 Å². The monoisotopic (exact) mass is 448 g/mol. The maximum atomic E-state index is 11.2. The molecule has 0 amide bonds. The first-order valence-corrected chi connectivity index (χ1v) is 11.5. The Morgan fingerprint density at radius 1 is 1.09 bits per heavy atom. The number of aromatic nitrogens is 2. The van der Waals surface area contributed by atoms with E-state index >= 15 is 0 Å². The number of fused-ring (bicyclic) bond motifs is 1. The van der Waals surface area contributed by atoms with Crippen molar-refractivity contribution >= 4 is 38.7 Å². The number of hydrogen-bond acceptors (Lipinski definition) is 7. The molecule has 0 saturated heterocycles. The summed E-state index contributed by atoms with van der Waals surface area (Å²) in [5.41, 5.74) is 2.55. The number of nitrogens with one attached hydrogen (secondary N) is 1. The van der Waals surface area contributed by atoms with Gasteiger partial charge in [0.25, 0.3) is 5.69 Å². The van der Waals surface area contributed by atoms with Crippen LogP contribution in [-0.2, 0) is 0 Å². The SMILES string of the molecule is CCCCCCOc1ccc(Nc2ncnc3scc(-c4cccc([N+](=O)[O-])c4)c23)cc1. The molecule has 0 radical (unpaired) electrons. The number of nitrogens with zero attached hydrogens (tertiary/aromatic N) is 3. The van der Waals surface area contributed by atoms with E-state index in [-0.39, 0.29) is 10.6 Å². The molecule has 2 aromatic heterocycles. The predicted molar refractivity (Wildman–Crippen MR) is 129 cm³/mol. The summed E-state index contributed by atoms with van der Waals surface area (Å²) in [6.45, 7) is 2.92. The van der Waals surface area contributed by atoms with Crippen molar-refractivity contribution in [3.05, 3.63) is 70.4 Å². The van der Waals surface area contributed by atoms with Gasteiger partial charge in [-0.1, -0.05) is 38.3 Å². The third kappa shape index (κ3) is 5.03. The third-order valence-electron chi connectivity index (χ3n) is 5.12. The number of non-ortho nitro benzene ring substituents is 1. The Bertz CT molecular complexity index is 1210. The van der Waals surface area contributed by atoms with Crippen molar-refractivity contribution in [3.63, 3.8) is 0 Å². The first-order chi connectivity index (χ1) is 15.7. The first kappa shape index (κ1) is 21.7. The zero-order valence-electron chi connectivity index (χ0n) is 17.8. The Kier molecular flexibility index (Phi) is 6.91. The van der Waals surface area contributed by atoms with Crippen molar-refractivity contribution in [3.8, 4) is 16.9 Å². The number of thiophene rings is 1. The summed E-state index contributed by atoms with van der Waals surface area (Å²) in [7, 11) is 0. The summed E-state index contributed by atoms with van der Waals surface area (Å²) < 4.78 is 5.82. The van der Waals surface area contributed by atoms with Gasteiger partial charge >= 0.3 is 0 Å². The Labute approximate surface area is 190 Å². The molecule has 2 heterocycles. The summed E-state index contributed by atoms with van der Waals surface area (Å²) in [5.74, 6) is 1.50. The van der Waals surface area contributed by atoms with Crippen LogP contribution in [0.15, 0.2) is 60.2 Å². The van der Waals surface area contributed by atoms with E-state index in [4.69, 9.17) is 4.74 Å². The first-order valence-electron chi connectivity index (χ1n) is 10.6. The van der Waals surface area contributed by atoms with Crippen LogP contribution < -0.4 is 10.1 Å². The second-order valence-electron chi connectivity index (χ2n) is 7.42. The summed E-state index contributed by atoms with van der Waals surface area (Å²) >= 11 is 1.48. The highest BCUT2D eigenvalue weighted by atomic mass is 32.1. The molecule has 2 aromatic carbocycles. The van der Waals surface area contributed by atoms with Gasteiger partial charge in [0.1, 0.15) is 22.7 Å². The van der Waals surface area contributed by atoms with Crippen LogP contribution >= 0.6 is 11.3 Å². The maximum absolute atomic E-state index is 11.2. The van der Waals surface area contributed by atoms with Gasteiger partial charge in [-0.3, -0.25) is 10.1 Å². The topological polar surface area (TPSA) is 90.2 Å². The fourth-order valence-electron chi connectivity index (χ4n) is 3.46. The number of hydrogen-bond donors (Lipinski definition) is 1. The van der Waals surface area contributed by atoms with E-state index in [1.165, 1.54) is 43.0 Å². The van der Waals surface area contributed by atoms with Crippen molar-refractivity contribution in [2.45, 2.75) is 32.6 Å². The Morgan fingerprint density at radius 3 is 2.72 bits per heavy atom. The lowest BCUT2D eigenvalue weighted by Crippen LogP contribution is -1.98. The summed E-state index contributed by atoms with van der Waals surface area (Å²) in [4.78, 5) is 20.4. The van der Waals surface area contributed by atoms with Crippen LogP contribution in [0.1, 0.15) is 32.6 Å². The number of rotatable bonds is 10. The molecule has 7 nitrogen and oxygen atoms in total. The largest absolute Gasteiger partial charge is 0.494 e. The number of unbranched alkanes of at least 4 members (excludes halogenated alkanes) is 3. The van der Waals surface area contributed by atoms with Crippen molar-refractivity contribution in [2.24, 2.45) is 0 Å². The zero-order valence-corrected chi connectivity index (χ0v) is 18.6. The molecule has 0 spiro atoms. The number of anilines is 2. The van der Waals surface area contributed by atoms with Gasteiger partial charge in [-0.2, -0.15) is 0 Å². The van der Waals surface area contributed by atoms with Crippen LogP contribution in [0.2, 0.25) is 0 Å². The molecule has 0 saturated carbocycles. The van der Waals surface area contributed by atoms with Crippen molar-refractivity contribution in [1.82, 2.24) is 9.97 Å². The van der Waals surface area contributed by atoms with Gasteiger partial charge in [-0.15, -0.1) is 11.3 Å². The highest BCUT2D eigenvalue weighted by molar-refractivity contribution is 7.17. The van der Waals surface area contributed by atoms with Crippen LogP contribution in [-0.4, -0.2) is 21.5 Å². The van der Waals surface area contributed by atoms with E-state index in [2.05, 4.69) is 22.2 Å². The van der Waals surface area contributed by atoms with Crippen LogP contribution in [0.4, 0.5) is 17.2 Å². The van der Waals surface area contributed by atoms with Crippen LogP contribution in [0.25, 0.3) is 21.3 Å². The van der Waals surface area contributed by atoms with Crippen molar-refractivity contribution in [1.29, 1.82) is 0 Å². The molecule has 0 atom stereocenters. The molecule has 4 rings (SSSR count). The molecule has 0 aliphatic rings. The van der Waals surface area contributed by atoms with Crippen LogP contribution in [0.3, 0.4) is 0 Å². The minimum Gasteiger partial charge on any atom is -0.494 e. The van der Waals surface area contributed by atoms with E-state index in [9.17, 15) is 10.1 Å². The minimum atomic E-state index is -0.388. The molecule has 0 fully saturated rings. The fourth-order valence-corrected chi connectivity index (χ4v) is 4.38. The maximum Gasteiger partial charge on any atom is 0.270 e. The number of nitro benzene ring substituents is 1. The Morgan fingerprint density at radius 2 is 1.94 bits per heavy atom. The smallest absolute Gasteiger partial charge is 0.270 e. The van der Waals surface area contributed by atoms with Crippen molar-refractivity contribution in [2.75, 3.05) is 11.9 Å². The third-order valence-corrected chi connectivity index (χ3v) is 6.01. The quantitative estimate of drug-likeness (QED) is 0.160. The van der Waals surface area contributed by atoms with Gasteiger partial charge in [0.05, 0.1) is 16.9 Å². The van der Waals surface area contributed by atoms with E-state index in [0.29, 0.717) is 5.82 Å². The number of ether oxygens (including phenoxy) is 1. The summed E-state index contributed by atoms with van der Waals surface area (Å²) in [5, 5.41) is 17.4. The summed E-state index contributed by atoms with van der Waals surface area (Å²) in [6, 6.07) is 14.4. The van der Waals surface area contributed by atoms with Gasteiger partial charge in [0.15, 0.2) is 0 Å². The Balaban J connectivity index is 1.55. The normalized spacial score (nSPS) is 10.9. The van der Waals surface area contributed by atoms with E-state index in [0.717, 1.165) is 45.8 Å². The second kappa shape index (κ2) is 10.2. The lowest BCUT2D eigenvalue weighted by molar-refractivity contribution is -0.384. The van der Waals surface area contributed by atoms with Gasteiger partial charge in [0, 0.05) is 28.8 Å².